The van der Waals surface area contributed by atoms with E-state index in [1.165, 1.54) is 0 Å². The van der Waals surface area contributed by atoms with Crippen LogP contribution in [0.4, 0.5) is 0 Å². The van der Waals surface area contributed by atoms with Crippen LogP contribution < -0.4 is 0 Å². The van der Waals surface area contributed by atoms with Crippen LogP contribution in [-0.2, 0) is 5.41 Å². The van der Waals surface area contributed by atoms with Gasteiger partial charge >= 0.3 is 0 Å². The summed E-state index contributed by atoms with van der Waals surface area (Å²) in [4.78, 5) is 0. The van der Waals surface area contributed by atoms with E-state index < -0.39 is 0 Å². The molecule has 0 saturated carbocycles. The van der Waals surface area contributed by atoms with Crippen molar-refractivity contribution in [2.45, 2.75) is 26.2 Å². The van der Waals surface area contributed by atoms with Gasteiger partial charge in [0.15, 0.2) is 0 Å². The van der Waals surface area contributed by atoms with Crippen LogP contribution in [0.25, 0.3) is 5.69 Å². The van der Waals surface area contributed by atoms with E-state index in [0.717, 1.165) is 11.4 Å². The Morgan fingerprint density at radius 1 is 1.06 bits per heavy atom. The molecule has 2 aromatic rings. The maximum Gasteiger partial charge on any atom is 0.133 e. The summed E-state index contributed by atoms with van der Waals surface area (Å²) in [7, 11) is 0. The summed E-state index contributed by atoms with van der Waals surface area (Å²) >= 11 is 18.2. The van der Waals surface area contributed by atoms with Crippen molar-refractivity contribution in [1.82, 2.24) is 9.78 Å². The maximum atomic E-state index is 6.21. The Morgan fingerprint density at radius 3 is 2.22 bits per heavy atom. The third kappa shape index (κ3) is 2.66. The third-order valence-electron chi connectivity index (χ3n) is 2.57. The molecule has 0 unspecified atom stereocenters. The molecule has 0 bridgehead atoms. The first-order valence-electron chi connectivity index (χ1n) is 5.50. The van der Waals surface area contributed by atoms with Gasteiger partial charge in [-0.1, -0.05) is 55.6 Å². The average molecular weight is 304 g/mol. The van der Waals surface area contributed by atoms with Crippen molar-refractivity contribution in [3.63, 3.8) is 0 Å². The highest BCUT2D eigenvalue weighted by atomic mass is 35.5. The number of nitrogens with zero attached hydrogens (tertiary/aromatic N) is 2. The van der Waals surface area contributed by atoms with Crippen LogP contribution in [-0.4, -0.2) is 9.78 Å². The quantitative estimate of drug-likeness (QED) is 0.714. The fraction of sp³-hybridized carbons (Fsp3) is 0.308. The predicted molar refractivity (Wildman–Crippen MR) is 77.3 cm³/mol. The molecule has 0 atom stereocenters. The summed E-state index contributed by atoms with van der Waals surface area (Å²) in [5, 5.41) is 6.14. The van der Waals surface area contributed by atoms with Crippen molar-refractivity contribution >= 4 is 34.8 Å². The topological polar surface area (TPSA) is 17.8 Å². The lowest BCUT2D eigenvalue weighted by molar-refractivity contribution is 0.560. The summed E-state index contributed by atoms with van der Waals surface area (Å²) in [6.45, 7) is 6.25. The van der Waals surface area contributed by atoms with Crippen LogP contribution in [0.5, 0.6) is 0 Å². The van der Waals surface area contributed by atoms with E-state index >= 15 is 0 Å². The lowest BCUT2D eigenvalue weighted by atomic mass is 9.93. The number of rotatable bonds is 1. The lowest BCUT2D eigenvalue weighted by Gasteiger charge is -2.14. The van der Waals surface area contributed by atoms with E-state index in [9.17, 15) is 0 Å². The molecule has 1 aromatic carbocycles. The number of benzene rings is 1. The van der Waals surface area contributed by atoms with Crippen molar-refractivity contribution < 1.29 is 0 Å². The molecule has 2 nitrogen and oxygen atoms in total. The smallest absolute Gasteiger partial charge is 0.133 e. The molecule has 0 N–H and O–H groups in total. The van der Waals surface area contributed by atoms with Gasteiger partial charge in [-0.05, 0) is 24.3 Å². The minimum Gasteiger partial charge on any atom is -0.220 e. The minimum atomic E-state index is -0.0617. The van der Waals surface area contributed by atoms with Crippen LogP contribution >= 0.6 is 34.8 Å². The largest absolute Gasteiger partial charge is 0.220 e. The van der Waals surface area contributed by atoms with Gasteiger partial charge in [-0.3, -0.25) is 0 Å². The molecule has 0 aliphatic rings. The number of hydrogen-bond acceptors (Lipinski definition) is 1. The second kappa shape index (κ2) is 4.76. The first-order valence-corrected chi connectivity index (χ1v) is 6.64. The molecule has 96 valence electrons. The molecule has 18 heavy (non-hydrogen) atoms. The molecule has 0 saturated heterocycles. The molecule has 0 amide bonds. The minimum absolute atomic E-state index is 0.0617. The third-order valence-corrected chi connectivity index (χ3v) is 3.38. The Bertz CT molecular complexity index is 582. The highest BCUT2D eigenvalue weighted by Gasteiger charge is 2.20. The van der Waals surface area contributed by atoms with E-state index in [1.54, 1.807) is 22.9 Å². The van der Waals surface area contributed by atoms with E-state index in [2.05, 4.69) is 25.9 Å². The van der Waals surface area contributed by atoms with Gasteiger partial charge in [0.05, 0.1) is 16.4 Å². The number of aromatic nitrogens is 2. The Labute approximate surface area is 121 Å². The van der Waals surface area contributed by atoms with Gasteiger partial charge in [-0.2, -0.15) is 5.10 Å². The predicted octanol–water partition coefficient (Wildman–Crippen LogP) is 5.13. The highest BCUT2D eigenvalue weighted by Crippen LogP contribution is 2.30. The van der Waals surface area contributed by atoms with Gasteiger partial charge in [0.1, 0.15) is 5.15 Å². The second-order valence-electron chi connectivity index (χ2n) is 5.11. The van der Waals surface area contributed by atoms with Gasteiger partial charge in [-0.25, -0.2) is 4.68 Å². The second-order valence-corrected chi connectivity index (χ2v) is 6.34. The van der Waals surface area contributed by atoms with E-state index in [0.29, 0.717) is 15.2 Å². The molecule has 0 spiro atoms. The monoisotopic (exact) mass is 302 g/mol. The van der Waals surface area contributed by atoms with Gasteiger partial charge in [0.2, 0.25) is 0 Å². The van der Waals surface area contributed by atoms with Gasteiger partial charge in [-0.15, -0.1) is 0 Å². The molecule has 0 radical (unpaired) electrons. The van der Waals surface area contributed by atoms with Crippen LogP contribution in [0.15, 0.2) is 24.3 Å². The fourth-order valence-electron chi connectivity index (χ4n) is 1.55. The Morgan fingerprint density at radius 2 is 1.72 bits per heavy atom. The molecule has 2 rings (SSSR count). The summed E-state index contributed by atoms with van der Waals surface area (Å²) in [5.74, 6) is 0. The summed E-state index contributed by atoms with van der Waals surface area (Å²) in [6.07, 6.45) is 0. The zero-order valence-corrected chi connectivity index (χ0v) is 12.6. The van der Waals surface area contributed by atoms with Crippen LogP contribution in [0.3, 0.4) is 0 Å². The molecule has 0 fully saturated rings. The molecular weight excluding hydrogens is 291 g/mol. The Kier molecular flexibility index (Phi) is 3.63. The van der Waals surface area contributed by atoms with Crippen molar-refractivity contribution in [3.8, 4) is 5.69 Å². The normalized spacial score (nSPS) is 11.9. The van der Waals surface area contributed by atoms with Crippen molar-refractivity contribution in [2.75, 3.05) is 0 Å². The maximum absolute atomic E-state index is 6.21. The van der Waals surface area contributed by atoms with Crippen molar-refractivity contribution in [1.29, 1.82) is 0 Å². The van der Waals surface area contributed by atoms with Gasteiger partial charge in [0, 0.05) is 10.4 Å². The zero-order chi connectivity index (χ0) is 13.5. The first kappa shape index (κ1) is 13.7. The number of halogens is 3. The van der Waals surface area contributed by atoms with Gasteiger partial charge < -0.3 is 0 Å². The Balaban J connectivity index is 2.55. The van der Waals surface area contributed by atoms with Crippen molar-refractivity contribution in [2.24, 2.45) is 0 Å². The molecule has 5 heteroatoms. The van der Waals surface area contributed by atoms with E-state index in [1.807, 2.05) is 6.07 Å². The van der Waals surface area contributed by atoms with Crippen LogP contribution in [0.2, 0.25) is 15.2 Å². The molecule has 0 aliphatic carbocycles. The summed E-state index contributed by atoms with van der Waals surface area (Å²) < 4.78 is 1.63. The van der Waals surface area contributed by atoms with Crippen LogP contribution in [0, 0.1) is 0 Å². The van der Waals surface area contributed by atoms with Gasteiger partial charge in [0.25, 0.3) is 0 Å². The number of hydrogen-bond donors (Lipinski definition) is 0. The first-order chi connectivity index (χ1) is 8.29. The highest BCUT2D eigenvalue weighted by molar-refractivity contribution is 6.36. The van der Waals surface area contributed by atoms with Crippen molar-refractivity contribution in [3.05, 3.63) is 45.2 Å². The van der Waals surface area contributed by atoms with Crippen LogP contribution in [0.1, 0.15) is 26.5 Å². The summed E-state index contributed by atoms with van der Waals surface area (Å²) in [6, 6.07) is 7.09. The Hall–Kier alpha value is -0.700. The fourth-order valence-corrected chi connectivity index (χ4v) is 2.27. The average Bonchev–Trinajstić information content (AvgIpc) is 2.60. The molecular formula is C13H13Cl3N2. The molecule has 1 aromatic heterocycles. The van der Waals surface area contributed by atoms with E-state index in [4.69, 9.17) is 34.8 Å². The standard InChI is InChI=1S/C13H13Cl3N2/c1-13(2,3)11-7-12(16)18(17-11)10-5-4-8(14)6-9(10)15/h4-7H,1-3H3. The van der Waals surface area contributed by atoms with E-state index in [-0.39, 0.29) is 5.41 Å². The lowest BCUT2D eigenvalue weighted by Crippen LogP contribution is -2.12. The zero-order valence-electron chi connectivity index (χ0n) is 10.3. The molecule has 0 aliphatic heterocycles. The summed E-state index contributed by atoms with van der Waals surface area (Å²) in [5.41, 5.74) is 1.58. The SMILES string of the molecule is CC(C)(C)c1cc(Cl)n(-c2ccc(Cl)cc2Cl)n1. The molecule has 1 heterocycles.